The van der Waals surface area contributed by atoms with Gasteiger partial charge in [0, 0.05) is 50.8 Å². The Labute approximate surface area is 174 Å². The Bertz CT molecular complexity index is 670. The fourth-order valence-electron chi connectivity index (χ4n) is 4.26. The van der Waals surface area contributed by atoms with Gasteiger partial charge in [-0.05, 0) is 62.8 Å². The Balaban J connectivity index is 0.00000225. The van der Waals surface area contributed by atoms with Crippen LogP contribution in [0.25, 0.3) is 0 Å². The maximum Gasteiger partial charge on any atom is 0.222 e. The van der Waals surface area contributed by atoms with Crippen molar-refractivity contribution in [3.05, 3.63) is 42.9 Å². The van der Waals surface area contributed by atoms with Gasteiger partial charge < -0.3 is 10.2 Å². The van der Waals surface area contributed by atoms with Crippen molar-refractivity contribution in [2.24, 2.45) is 5.92 Å². The van der Waals surface area contributed by atoms with Crippen LogP contribution in [0.4, 0.5) is 11.8 Å². The summed E-state index contributed by atoms with van der Waals surface area (Å²) in [5.74, 6) is 2.76. The number of hydrogen-bond acceptors (Lipinski definition) is 6. The second-order valence-electron chi connectivity index (χ2n) is 7.74. The Morgan fingerprint density at radius 2 is 1.57 bits per heavy atom. The van der Waals surface area contributed by atoms with Crippen molar-refractivity contribution < 1.29 is 0 Å². The van der Waals surface area contributed by atoms with Crippen LogP contribution >= 0.6 is 12.4 Å². The molecule has 1 N–H and O–H groups in total. The molecule has 152 valence electrons. The molecular formula is C21H31ClN6. The highest BCUT2D eigenvalue weighted by atomic mass is 35.5. The second kappa shape index (κ2) is 10.6. The first kappa shape index (κ1) is 20.8. The van der Waals surface area contributed by atoms with Gasteiger partial charge in [0.25, 0.3) is 0 Å². The summed E-state index contributed by atoms with van der Waals surface area (Å²) < 4.78 is 0. The zero-order valence-corrected chi connectivity index (χ0v) is 17.2. The van der Waals surface area contributed by atoms with E-state index in [1.807, 2.05) is 18.3 Å². The minimum atomic E-state index is 0. The summed E-state index contributed by atoms with van der Waals surface area (Å²) in [5.41, 5.74) is 0. The van der Waals surface area contributed by atoms with Crippen LogP contribution < -0.4 is 10.2 Å². The molecule has 0 spiro atoms. The summed E-state index contributed by atoms with van der Waals surface area (Å²) in [6, 6.07) is 8.56. The average Bonchev–Trinajstić information content (AvgIpc) is 2.75. The summed E-state index contributed by atoms with van der Waals surface area (Å²) in [5, 5.41) is 3.48. The molecule has 2 aromatic heterocycles. The molecule has 0 aromatic carbocycles. The van der Waals surface area contributed by atoms with E-state index in [4.69, 9.17) is 0 Å². The third-order valence-corrected chi connectivity index (χ3v) is 5.94. The maximum absolute atomic E-state index is 4.48. The molecular weight excluding hydrogens is 372 g/mol. The number of nitrogens with one attached hydrogen (secondary N) is 1. The molecule has 1 aliphatic carbocycles. The Kier molecular flexibility index (Phi) is 7.86. The van der Waals surface area contributed by atoms with Crippen molar-refractivity contribution >= 4 is 24.2 Å². The first-order chi connectivity index (χ1) is 13.4. The molecule has 6 nitrogen and oxygen atoms in total. The molecule has 0 amide bonds. The highest BCUT2D eigenvalue weighted by Crippen LogP contribution is 2.28. The highest BCUT2D eigenvalue weighted by Gasteiger charge is 2.23. The third kappa shape index (κ3) is 5.79. The van der Waals surface area contributed by atoms with Crippen molar-refractivity contribution in [2.75, 3.05) is 42.9 Å². The molecule has 0 radical (unpaired) electrons. The van der Waals surface area contributed by atoms with E-state index < -0.39 is 0 Å². The average molecular weight is 403 g/mol. The standard InChI is InChI=1S/C21H30N6.ClH/c1-2-10-22-20(4-1)27-16-14-26(15-17-27)13-9-18-5-7-19(8-6-18)25-21-23-11-3-12-24-21;/h1-4,10-12,18-19H,5-9,13-17H2,(H,23,24,25);1H. The van der Waals surface area contributed by atoms with E-state index in [9.17, 15) is 0 Å². The van der Waals surface area contributed by atoms with Gasteiger partial charge in [-0.15, -0.1) is 12.4 Å². The normalized spacial score (nSPS) is 23.1. The van der Waals surface area contributed by atoms with Crippen molar-refractivity contribution in [3.63, 3.8) is 0 Å². The number of rotatable bonds is 6. The lowest BCUT2D eigenvalue weighted by atomic mass is 9.84. The lowest BCUT2D eigenvalue weighted by Gasteiger charge is -2.36. The minimum absolute atomic E-state index is 0. The fourth-order valence-corrected chi connectivity index (χ4v) is 4.26. The van der Waals surface area contributed by atoms with E-state index >= 15 is 0 Å². The van der Waals surface area contributed by atoms with Gasteiger partial charge in [0.1, 0.15) is 5.82 Å². The molecule has 0 atom stereocenters. The molecule has 28 heavy (non-hydrogen) atoms. The number of halogens is 1. The highest BCUT2D eigenvalue weighted by molar-refractivity contribution is 5.85. The Hall–Kier alpha value is -1.92. The van der Waals surface area contributed by atoms with Gasteiger partial charge in [-0.1, -0.05) is 6.07 Å². The number of nitrogens with zero attached hydrogens (tertiary/aromatic N) is 5. The predicted molar refractivity (Wildman–Crippen MR) is 116 cm³/mol. The molecule has 0 bridgehead atoms. The van der Waals surface area contributed by atoms with Gasteiger partial charge in [-0.25, -0.2) is 15.0 Å². The molecule has 0 unspecified atom stereocenters. The predicted octanol–water partition coefficient (Wildman–Crippen LogP) is 3.48. The van der Waals surface area contributed by atoms with E-state index in [1.165, 1.54) is 38.6 Å². The molecule has 2 aliphatic rings. The molecule has 7 heteroatoms. The van der Waals surface area contributed by atoms with Gasteiger partial charge >= 0.3 is 0 Å². The molecule has 4 rings (SSSR count). The SMILES string of the molecule is Cl.c1ccc(N2CCN(CCC3CCC(Nc4ncccn4)CC3)CC2)nc1. The summed E-state index contributed by atoms with van der Waals surface area (Å²) in [7, 11) is 0. The summed E-state index contributed by atoms with van der Waals surface area (Å²) >= 11 is 0. The lowest BCUT2D eigenvalue weighted by Crippen LogP contribution is -2.47. The maximum atomic E-state index is 4.48. The summed E-state index contributed by atoms with van der Waals surface area (Å²) in [6.45, 7) is 5.72. The van der Waals surface area contributed by atoms with Crippen molar-refractivity contribution in [2.45, 2.75) is 38.1 Å². The summed E-state index contributed by atoms with van der Waals surface area (Å²) in [4.78, 5) is 18.1. The van der Waals surface area contributed by atoms with E-state index in [0.717, 1.165) is 43.9 Å². The van der Waals surface area contributed by atoms with Gasteiger partial charge in [0.05, 0.1) is 0 Å². The van der Waals surface area contributed by atoms with E-state index in [-0.39, 0.29) is 12.4 Å². The van der Waals surface area contributed by atoms with Crippen LogP contribution in [0.3, 0.4) is 0 Å². The zero-order chi connectivity index (χ0) is 18.3. The molecule has 1 saturated heterocycles. The van der Waals surface area contributed by atoms with Gasteiger partial charge in [0.2, 0.25) is 5.95 Å². The quantitative estimate of drug-likeness (QED) is 0.798. The largest absolute Gasteiger partial charge is 0.354 e. The molecule has 2 fully saturated rings. The van der Waals surface area contributed by atoms with Crippen LogP contribution in [0.15, 0.2) is 42.9 Å². The monoisotopic (exact) mass is 402 g/mol. The number of anilines is 2. The second-order valence-corrected chi connectivity index (χ2v) is 7.74. The van der Waals surface area contributed by atoms with Crippen LogP contribution in [0.2, 0.25) is 0 Å². The van der Waals surface area contributed by atoms with Crippen LogP contribution in [0, 0.1) is 5.92 Å². The smallest absolute Gasteiger partial charge is 0.222 e. The van der Waals surface area contributed by atoms with E-state index in [0.29, 0.717) is 6.04 Å². The molecule has 3 heterocycles. The Morgan fingerprint density at radius 3 is 2.25 bits per heavy atom. The van der Waals surface area contributed by atoms with Gasteiger partial charge in [-0.2, -0.15) is 0 Å². The molecule has 1 saturated carbocycles. The van der Waals surface area contributed by atoms with Crippen LogP contribution in [0.1, 0.15) is 32.1 Å². The number of hydrogen-bond donors (Lipinski definition) is 1. The first-order valence-electron chi connectivity index (χ1n) is 10.3. The minimum Gasteiger partial charge on any atom is -0.354 e. The van der Waals surface area contributed by atoms with Crippen molar-refractivity contribution in [1.29, 1.82) is 0 Å². The topological polar surface area (TPSA) is 57.2 Å². The molecule has 2 aromatic rings. The van der Waals surface area contributed by atoms with Gasteiger partial charge in [0.15, 0.2) is 0 Å². The third-order valence-electron chi connectivity index (χ3n) is 5.94. The van der Waals surface area contributed by atoms with E-state index in [2.05, 4.69) is 42.2 Å². The number of piperazine rings is 1. The number of pyridine rings is 1. The Morgan fingerprint density at radius 1 is 0.857 bits per heavy atom. The lowest BCUT2D eigenvalue weighted by molar-refractivity contribution is 0.218. The zero-order valence-electron chi connectivity index (χ0n) is 16.4. The van der Waals surface area contributed by atoms with Crippen LogP contribution in [-0.2, 0) is 0 Å². The summed E-state index contributed by atoms with van der Waals surface area (Å²) in [6.07, 6.45) is 11.9. The van der Waals surface area contributed by atoms with Crippen molar-refractivity contribution in [3.8, 4) is 0 Å². The van der Waals surface area contributed by atoms with Crippen molar-refractivity contribution in [1.82, 2.24) is 19.9 Å². The first-order valence-corrected chi connectivity index (χ1v) is 10.3. The molecule has 1 aliphatic heterocycles. The number of aromatic nitrogens is 3. The van der Waals surface area contributed by atoms with Crippen LogP contribution in [-0.4, -0.2) is 58.6 Å². The fraction of sp³-hybridized carbons (Fsp3) is 0.571. The van der Waals surface area contributed by atoms with Gasteiger partial charge in [-0.3, -0.25) is 4.90 Å². The van der Waals surface area contributed by atoms with E-state index in [1.54, 1.807) is 12.4 Å². The van der Waals surface area contributed by atoms with Crippen LogP contribution in [0.5, 0.6) is 0 Å².